The molecule has 2 aromatic rings. The molecule has 0 bridgehead atoms. The number of nitrogens with one attached hydrogen (secondary N) is 1. The Balaban J connectivity index is 1.55. The average molecular weight is 362 g/mol. The van der Waals surface area contributed by atoms with Crippen molar-refractivity contribution >= 4 is 11.8 Å². The summed E-state index contributed by atoms with van der Waals surface area (Å²) in [7, 11) is 0. The van der Waals surface area contributed by atoms with Crippen LogP contribution in [0.3, 0.4) is 0 Å². The molecule has 4 nitrogen and oxygen atoms in total. The van der Waals surface area contributed by atoms with E-state index in [9.17, 15) is 9.59 Å². The molecule has 1 heterocycles. The summed E-state index contributed by atoms with van der Waals surface area (Å²) in [6.45, 7) is 3.78. The average Bonchev–Trinajstić information content (AvgIpc) is 3.42. The van der Waals surface area contributed by atoms with Crippen molar-refractivity contribution in [1.82, 2.24) is 10.2 Å². The third-order valence-corrected chi connectivity index (χ3v) is 5.81. The molecule has 2 amide bonds. The van der Waals surface area contributed by atoms with Crippen molar-refractivity contribution in [2.45, 2.75) is 25.7 Å². The zero-order valence-corrected chi connectivity index (χ0v) is 15.7. The van der Waals surface area contributed by atoms with Gasteiger partial charge in [-0.3, -0.25) is 9.59 Å². The number of amides is 2. The van der Waals surface area contributed by atoms with Crippen molar-refractivity contribution < 1.29 is 9.59 Å². The van der Waals surface area contributed by atoms with Crippen molar-refractivity contribution in [2.75, 3.05) is 19.6 Å². The standard InChI is InChI=1S/C23H26N2O2/c1-16-7-5-6-10-19(16)23(27)25-14-20(18-8-3-2-4-9-18)21(15-25)22(26)24-13-17-11-12-17/h2-10,17,20-21H,11-15H2,1H3,(H,24,26). The Morgan fingerprint density at radius 1 is 1.00 bits per heavy atom. The van der Waals surface area contributed by atoms with Crippen LogP contribution in [-0.4, -0.2) is 36.3 Å². The highest BCUT2D eigenvalue weighted by molar-refractivity contribution is 5.96. The Morgan fingerprint density at radius 2 is 1.70 bits per heavy atom. The maximum Gasteiger partial charge on any atom is 0.254 e. The van der Waals surface area contributed by atoms with Gasteiger partial charge >= 0.3 is 0 Å². The summed E-state index contributed by atoms with van der Waals surface area (Å²) in [5.41, 5.74) is 2.83. The minimum atomic E-state index is -0.195. The van der Waals surface area contributed by atoms with Crippen LogP contribution in [0.4, 0.5) is 0 Å². The van der Waals surface area contributed by atoms with Gasteiger partial charge in [0.25, 0.3) is 5.91 Å². The van der Waals surface area contributed by atoms with E-state index in [1.54, 1.807) is 0 Å². The highest BCUT2D eigenvalue weighted by Gasteiger charge is 2.41. The van der Waals surface area contributed by atoms with E-state index in [1.165, 1.54) is 12.8 Å². The van der Waals surface area contributed by atoms with Gasteiger partial charge in [-0.05, 0) is 42.9 Å². The SMILES string of the molecule is Cc1ccccc1C(=O)N1CC(C(=O)NCC2CC2)C(c2ccccc2)C1. The van der Waals surface area contributed by atoms with E-state index in [0.717, 1.165) is 23.2 Å². The van der Waals surface area contributed by atoms with Gasteiger partial charge < -0.3 is 10.2 Å². The number of aryl methyl sites for hydroxylation is 1. The fourth-order valence-corrected chi connectivity index (χ4v) is 3.95. The molecule has 1 saturated heterocycles. The van der Waals surface area contributed by atoms with E-state index < -0.39 is 0 Å². The summed E-state index contributed by atoms with van der Waals surface area (Å²) >= 11 is 0. The van der Waals surface area contributed by atoms with Gasteiger partial charge in [-0.1, -0.05) is 48.5 Å². The first-order valence-corrected chi connectivity index (χ1v) is 9.81. The molecule has 27 heavy (non-hydrogen) atoms. The number of rotatable bonds is 5. The second-order valence-corrected chi connectivity index (χ2v) is 7.84. The van der Waals surface area contributed by atoms with Crippen LogP contribution in [-0.2, 0) is 4.79 Å². The zero-order chi connectivity index (χ0) is 18.8. The number of hydrogen-bond acceptors (Lipinski definition) is 2. The highest BCUT2D eigenvalue weighted by Crippen LogP contribution is 2.34. The van der Waals surface area contributed by atoms with Gasteiger partial charge in [0.15, 0.2) is 0 Å². The summed E-state index contributed by atoms with van der Waals surface area (Å²) in [5, 5.41) is 3.12. The molecule has 2 aliphatic rings. The van der Waals surface area contributed by atoms with Crippen LogP contribution in [0.25, 0.3) is 0 Å². The van der Waals surface area contributed by atoms with Crippen molar-refractivity contribution in [3.63, 3.8) is 0 Å². The van der Waals surface area contributed by atoms with E-state index >= 15 is 0 Å². The molecule has 1 saturated carbocycles. The van der Waals surface area contributed by atoms with Gasteiger partial charge in [-0.25, -0.2) is 0 Å². The van der Waals surface area contributed by atoms with Crippen molar-refractivity contribution in [3.05, 3.63) is 71.3 Å². The monoisotopic (exact) mass is 362 g/mol. The van der Waals surface area contributed by atoms with Gasteiger partial charge in [-0.15, -0.1) is 0 Å². The molecule has 2 aromatic carbocycles. The Labute approximate surface area is 160 Å². The molecule has 1 N–H and O–H groups in total. The maximum absolute atomic E-state index is 13.1. The van der Waals surface area contributed by atoms with E-state index in [0.29, 0.717) is 19.0 Å². The zero-order valence-electron chi connectivity index (χ0n) is 15.7. The van der Waals surface area contributed by atoms with Crippen LogP contribution in [0.5, 0.6) is 0 Å². The summed E-state index contributed by atoms with van der Waals surface area (Å²) in [5.74, 6) is 0.593. The summed E-state index contributed by atoms with van der Waals surface area (Å²) in [6, 6.07) is 17.8. The lowest BCUT2D eigenvalue weighted by atomic mass is 9.88. The molecule has 0 aromatic heterocycles. The Bertz CT molecular complexity index is 829. The molecular weight excluding hydrogens is 336 g/mol. The molecule has 1 aliphatic carbocycles. The third-order valence-electron chi connectivity index (χ3n) is 5.81. The molecule has 4 rings (SSSR count). The van der Waals surface area contributed by atoms with E-state index in [-0.39, 0.29) is 23.7 Å². The normalized spacial score (nSPS) is 21.9. The fraction of sp³-hybridized carbons (Fsp3) is 0.391. The van der Waals surface area contributed by atoms with Crippen molar-refractivity contribution in [1.29, 1.82) is 0 Å². The number of carbonyl (C=O) groups is 2. The molecule has 0 radical (unpaired) electrons. The second kappa shape index (κ2) is 7.55. The van der Waals surface area contributed by atoms with Gasteiger partial charge in [0.05, 0.1) is 5.92 Å². The van der Waals surface area contributed by atoms with E-state index in [1.807, 2.05) is 54.3 Å². The molecule has 2 atom stereocenters. The van der Waals surface area contributed by atoms with Crippen LogP contribution in [0, 0.1) is 18.8 Å². The summed E-state index contributed by atoms with van der Waals surface area (Å²) < 4.78 is 0. The highest BCUT2D eigenvalue weighted by atomic mass is 16.2. The predicted octanol–water partition coefficient (Wildman–Crippen LogP) is 3.38. The van der Waals surface area contributed by atoms with Crippen LogP contribution in [0.1, 0.15) is 40.2 Å². The smallest absolute Gasteiger partial charge is 0.254 e. The first kappa shape index (κ1) is 17.8. The molecule has 1 aliphatic heterocycles. The number of benzene rings is 2. The number of carbonyl (C=O) groups excluding carboxylic acids is 2. The maximum atomic E-state index is 13.1. The topological polar surface area (TPSA) is 49.4 Å². The van der Waals surface area contributed by atoms with Gasteiger partial charge in [0.2, 0.25) is 5.91 Å². The van der Waals surface area contributed by atoms with Crippen LogP contribution in [0.2, 0.25) is 0 Å². The molecule has 2 unspecified atom stereocenters. The minimum absolute atomic E-state index is 0.0199. The number of nitrogens with zero attached hydrogens (tertiary/aromatic N) is 1. The molecule has 2 fully saturated rings. The molecule has 4 heteroatoms. The third kappa shape index (κ3) is 3.90. The quantitative estimate of drug-likeness (QED) is 0.886. The van der Waals surface area contributed by atoms with Gasteiger partial charge in [0.1, 0.15) is 0 Å². The van der Waals surface area contributed by atoms with Crippen LogP contribution < -0.4 is 5.32 Å². The minimum Gasteiger partial charge on any atom is -0.356 e. The number of likely N-dealkylation sites (tertiary alicyclic amines) is 1. The van der Waals surface area contributed by atoms with Crippen LogP contribution in [0.15, 0.2) is 54.6 Å². The summed E-state index contributed by atoms with van der Waals surface area (Å²) in [4.78, 5) is 27.8. The van der Waals surface area contributed by atoms with Crippen LogP contribution >= 0.6 is 0 Å². The lowest BCUT2D eigenvalue weighted by Crippen LogP contribution is -2.36. The largest absolute Gasteiger partial charge is 0.356 e. The fourth-order valence-electron chi connectivity index (χ4n) is 3.95. The lowest BCUT2D eigenvalue weighted by Gasteiger charge is -2.18. The Kier molecular flexibility index (Phi) is 4.97. The van der Waals surface area contributed by atoms with E-state index in [2.05, 4.69) is 17.4 Å². The molecule has 140 valence electrons. The first-order chi connectivity index (χ1) is 13.1. The number of hydrogen-bond donors (Lipinski definition) is 1. The molecular formula is C23H26N2O2. The van der Waals surface area contributed by atoms with Crippen molar-refractivity contribution in [3.8, 4) is 0 Å². The first-order valence-electron chi connectivity index (χ1n) is 9.81. The lowest BCUT2D eigenvalue weighted by molar-refractivity contribution is -0.125. The van der Waals surface area contributed by atoms with Crippen molar-refractivity contribution in [2.24, 2.45) is 11.8 Å². The van der Waals surface area contributed by atoms with E-state index in [4.69, 9.17) is 0 Å². The van der Waals surface area contributed by atoms with Gasteiger partial charge in [0, 0.05) is 31.1 Å². The summed E-state index contributed by atoms with van der Waals surface area (Å²) in [6.07, 6.45) is 2.43. The molecule has 0 spiro atoms. The second-order valence-electron chi connectivity index (χ2n) is 7.84. The Hall–Kier alpha value is -2.62. The van der Waals surface area contributed by atoms with Gasteiger partial charge in [-0.2, -0.15) is 0 Å². The predicted molar refractivity (Wildman–Crippen MR) is 105 cm³/mol. The Morgan fingerprint density at radius 3 is 2.41 bits per heavy atom.